The molecule has 1 atom stereocenters. The van der Waals surface area contributed by atoms with Gasteiger partial charge in [0.05, 0.1) is 7.11 Å². The van der Waals surface area contributed by atoms with Crippen molar-refractivity contribution in [2.45, 2.75) is 26.3 Å². The summed E-state index contributed by atoms with van der Waals surface area (Å²) in [6.45, 7) is 4.04. The predicted molar refractivity (Wildman–Crippen MR) is 77.4 cm³/mol. The molecule has 8 heteroatoms. The van der Waals surface area contributed by atoms with Crippen LogP contribution in [0.2, 0.25) is 0 Å². The van der Waals surface area contributed by atoms with Crippen LogP contribution in [0.1, 0.15) is 20.3 Å². The molecule has 0 amide bonds. The number of nitrogens with two attached hydrogens (primary N) is 1. The van der Waals surface area contributed by atoms with E-state index in [1.54, 1.807) is 19.0 Å². The van der Waals surface area contributed by atoms with Crippen molar-refractivity contribution >= 4 is 23.8 Å². The second-order valence-electron chi connectivity index (χ2n) is 5.06. The Bertz CT molecular complexity index is 463. The molecule has 0 spiro atoms. The maximum Gasteiger partial charge on any atom is 0.328 e. The van der Waals surface area contributed by atoms with Crippen LogP contribution < -0.4 is 16.0 Å². The van der Waals surface area contributed by atoms with Gasteiger partial charge in [0.2, 0.25) is 17.8 Å². The highest BCUT2D eigenvalue weighted by Gasteiger charge is 2.22. The Morgan fingerprint density at radius 1 is 1.35 bits per heavy atom. The maximum atomic E-state index is 11.8. The lowest BCUT2D eigenvalue weighted by Crippen LogP contribution is -2.33. The minimum absolute atomic E-state index is 0.0966. The highest BCUT2D eigenvalue weighted by molar-refractivity contribution is 5.78. The van der Waals surface area contributed by atoms with Crippen molar-refractivity contribution in [3.05, 3.63) is 0 Å². The van der Waals surface area contributed by atoms with Gasteiger partial charge in [-0.2, -0.15) is 15.0 Å². The SMILES string of the molecule is COC(=O)C(CC(C)C)Nc1nc(N)nc(N(C)C)n1. The van der Waals surface area contributed by atoms with Crippen LogP contribution in [0, 0.1) is 5.92 Å². The van der Waals surface area contributed by atoms with E-state index in [-0.39, 0.29) is 17.9 Å². The second-order valence-corrected chi connectivity index (χ2v) is 5.06. The van der Waals surface area contributed by atoms with Gasteiger partial charge in [-0.15, -0.1) is 0 Å². The van der Waals surface area contributed by atoms with Crippen molar-refractivity contribution < 1.29 is 9.53 Å². The summed E-state index contributed by atoms with van der Waals surface area (Å²) in [5.74, 6) is 0.743. The van der Waals surface area contributed by atoms with Crippen LogP contribution in [0.25, 0.3) is 0 Å². The van der Waals surface area contributed by atoms with E-state index in [2.05, 4.69) is 20.3 Å². The molecule has 1 unspecified atom stereocenters. The minimum atomic E-state index is -0.517. The lowest BCUT2D eigenvalue weighted by molar-refractivity contribution is -0.141. The maximum absolute atomic E-state index is 11.8. The first-order chi connectivity index (χ1) is 9.33. The monoisotopic (exact) mass is 282 g/mol. The molecule has 1 rings (SSSR count). The zero-order valence-corrected chi connectivity index (χ0v) is 12.5. The van der Waals surface area contributed by atoms with E-state index in [0.29, 0.717) is 18.3 Å². The second kappa shape index (κ2) is 6.88. The Morgan fingerprint density at radius 2 is 2.00 bits per heavy atom. The molecule has 1 aromatic rings. The van der Waals surface area contributed by atoms with E-state index >= 15 is 0 Å². The zero-order valence-electron chi connectivity index (χ0n) is 12.5. The van der Waals surface area contributed by atoms with E-state index in [4.69, 9.17) is 10.5 Å². The third-order valence-corrected chi connectivity index (χ3v) is 2.54. The summed E-state index contributed by atoms with van der Waals surface area (Å²) in [7, 11) is 4.94. The van der Waals surface area contributed by atoms with Crippen molar-refractivity contribution in [2.24, 2.45) is 5.92 Å². The molecule has 0 aliphatic carbocycles. The molecule has 0 bridgehead atoms. The Hall–Kier alpha value is -2.12. The van der Waals surface area contributed by atoms with Gasteiger partial charge in [-0.25, -0.2) is 4.79 Å². The fourth-order valence-electron chi connectivity index (χ4n) is 1.63. The van der Waals surface area contributed by atoms with Crippen molar-refractivity contribution in [1.82, 2.24) is 15.0 Å². The summed E-state index contributed by atoms with van der Waals surface area (Å²) in [5.41, 5.74) is 5.64. The highest BCUT2D eigenvalue weighted by Crippen LogP contribution is 2.14. The average Bonchev–Trinajstić information content (AvgIpc) is 2.35. The largest absolute Gasteiger partial charge is 0.467 e. The van der Waals surface area contributed by atoms with Gasteiger partial charge in [0.15, 0.2) is 0 Å². The first kappa shape index (κ1) is 15.9. The summed E-state index contributed by atoms with van der Waals surface area (Å²) in [5, 5.41) is 2.95. The number of methoxy groups -OCH3 is 1. The van der Waals surface area contributed by atoms with Crippen molar-refractivity contribution in [3.63, 3.8) is 0 Å². The number of carbonyl (C=O) groups excluding carboxylic acids is 1. The lowest BCUT2D eigenvalue weighted by Gasteiger charge is -2.19. The first-order valence-electron chi connectivity index (χ1n) is 6.36. The number of nitrogens with zero attached hydrogens (tertiary/aromatic N) is 4. The molecule has 1 heterocycles. The quantitative estimate of drug-likeness (QED) is 0.727. The van der Waals surface area contributed by atoms with E-state index in [9.17, 15) is 4.79 Å². The van der Waals surface area contributed by atoms with Crippen LogP contribution in [0.15, 0.2) is 0 Å². The number of nitrogens with one attached hydrogen (secondary N) is 1. The number of hydrogen-bond acceptors (Lipinski definition) is 8. The minimum Gasteiger partial charge on any atom is -0.467 e. The zero-order chi connectivity index (χ0) is 15.3. The van der Waals surface area contributed by atoms with Gasteiger partial charge in [0.1, 0.15) is 6.04 Å². The molecule has 1 aromatic heterocycles. The number of esters is 1. The number of anilines is 3. The van der Waals surface area contributed by atoms with Gasteiger partial charge in [-0.05, 0) is 12.3 Å². The van der Waals surface area contributed by atoms with Crippen LogP contribution in [-0.2, 0) is 9.53 Å². The normalized spacial score (nSPS) is 12.1. The molecule has 0 saturated heterocycles. The summed E-state index contributed by atoms with van der Waals surface area (Å²) < 4.78 is 4.78. The van der Waals surface area contributed by atoms with Crippen molar-refractivity contribution in [2.75, 3.05) is 37.2 Å². The number of ether oxygens (including phenoxy) is 1. The van der Waals surface area contributed by atoms with Crippen LogP contribution in [0.3, 0.4) is 0 Å². The summed E-state index contributed by atoms with van der Waals surface area (Å²) in [4.78, 5) is 25.6. The molecule has 0 fully saturated rings. The molecule has 0 radical (unpaired) electrons. The number of carbonyl (C=O) groups is 1. The van der Waals surface area contributed by atoms with Crippen molar-refractivity contribution in [1.29, 1.82) is 0 Å². The Kier molecular flexibility index (Phi) is 5.48. The van der Waals surface area contributed by atoms with Gasteiger partial charge in [-0.1, -0.05) is 13.8 Å². The van der Waals surface area contributed by atoms with E-state index < -0.39 is 6.04 Å². The predicted octanol–water partition coefficient (Wildman–Crippen LogP) is 0.519. The van der Waals surface area contributed by atoms with Gasteiger partial charge < -0.3 is 20.7 Å². The standard InChI is InChI=1S/C12H22N6O2/c1-7(2)6-8(9(19)20-5)14-11-15-10(13)16-12(17-11)18(3)4/h7-8H,6H2,1-5H3,(H3,13,14,15,16,17). The van der Waals surface area contributed by atoms with Gasteiger partial charge in [-0.3, -0.25) is 0 Å². The molecule has 20 heavy (non-hydrogen) atoms. The number of rotatable bonds is 6. The Morgan fingerprint density at radius 3 is 2.50 bits per heavy atom. The van der Waals surface area contributed by atoms with Crippen LogP contribution in [-0.4, -0.2) is 48.2 Å². The van der Waals surface area contributed by atoms with E-state index in [1.807, 2.05) is 13.8 Å². The summed E-state index contributed by atoms with van der Waals surface area (Å²) in [6, 6.07) is -0.517. The smallest absolute Gasteiger partial charge is 0.328 e. The first-order valence-corrected chi connectivity index (χ1v) is 6.36. The van der Waals surface area contributed by atoms with Gasteiger partial charge in [0.25, 0.3) is 0 Å². The highest BCUT2D eigenvalue weighted by atomic mass is 16.5. The third-order valence-electron chi connectivity index (χ3n) is 2.54. The van der Waals surface area contributed by atoms with Gasteiger partial charge in [0, 0.05) is 14.1 Å². The number of aromatic nitrogens is 3. The van der Waals surface area contributed by atoms with Crippen LogP contribution in [0.4, 0.5) is 17.8 Å². The number of nitrogen functional groups attached to an aromatic ring is 1. The topological polar surface area (TPSA) is 106 Å². The fraction of sp³-hybridized carbons (Fsp3) is 0.667. The van der Waals surface area contributed by atoms with Crippen molar-refractivity contribution in [3.8, 4) is 0 Å². The van der Waals surface area contributed by atoms with Gasteiger partial charge >= 0.3 is 5.97 Å². The Labute approximate surface area is 118 Å². The average molecular weight is 282 g/mol. The van der Waals surface area contributed by atoms with Crippen LogP contribution >= 0.6 is 0 Å². The fourth-order valence-corrected chi connectivity index (χ4v) is 1.63. The lowest BCUT2D eigenvalue weighted by atomic mass is 10.0. The molecular weight excluding hydrogens is 260 g/mol. The number of hydrogen-bond donors (Lipinski definition) is 2. The molecule has 0 aliphatic heterocycles. The molecule has 8 nitrogen and oxygen atoms in total. The van der Waals surface area contributed by atoms with Crippen LogP contribution in [0.5, 0.6) is 0 Å². The molecular formula is C12H22N6O2. The van der Waals surface area contributed by atoms with E-state index in [0.717, 1.165) is 0 Å². The Balaban J connectivity index is 2.95. The molecule has 0 saturated carbocycles. The molecule has 3 N–H and O–H groups in total. The third kappa shape index (κ3) is 4.52. The molecule has 0 aliphatic rings. The summed E-state index contributed by atoms with van der Waals surface area (Å²) >= 11 is 0. The summed E-state index contributed by atoms with van der Waals surface area (Å²) in [6.07, 6.45) is 0.607. The van der Waals surface area contributed by atoms with E-state index in [1.165, 1.54) is 7.11 Å². The molecule has 0 aromatic carbocycles. The molecule has 112 valence electrons.